The number of hydrogen-bond acceptors (Lipinski definition) is 10. The summed E-state index contributed by atoms with van der Waals surface area (Å²) in [5.74, 6) is -0.105. The van der Waals surface area contributed by atoms with Crippen molar-refractivity contribution >= 4 is 39.9 Å². The number of halogens is 3. The van der Waals surface area contributed by atoms with E-state index in [4.69, 9.17) is 0 Å². The largest absolute Gasteiger partial charge is 0.573 e. The molecule has 11 nitrogen and oxygen atoms in total. The van der Waals surface area contributed by atoms with Crippen molar-refractivity contribution in [1.82, 2.24) is 25.4 Å². The molecule has 1 aliphatic rings. The minimum absolute atomic E-state index is 0.0958. The molecule has 2 amide bonds. The quantitative estimate of drug-likeness (QED) is 0.288. The molecule has 1 fully saturated rings. The van der Waals surface area contributed by atoms with Gasteiger partial charge in [0.05, 0.1) is 12.8 Å². The zero-order valence-electron chi connectivity index (χ0n) is 22.0. The van der Waals surface area contributed by atoms with Gasteiger partial charge < -0.3 is 20.3 Å². The summed E-state index contributed by atoms with van der Waals surface area (Å²) in [7, 11) is 0. The van der Waals surface area contributed by atoms with Gasteiger partial charge in [-0.15, -0.1) is 33.6 Å². The van der Waals surface area contributed by atoms with Crippen molar-refractivity contribution in [2.24, 2.45) is 0 Å². The number of ether oxygens (including phenoxy) is 1. The fourth-order valence-corrected chi connectivity index (χ4v) is 5.36. The van der Waals surface area contributed by atoms with Crippen molar-refractivity contribution in [3.8, 4) is 5.75 Å². The van der Waals surface area contributed by atoms with Crippen LogP contribution < -0.4 is 20.3 Å². The molecule has 1 atom stereocenters. The lowest BCUT2D eigenvalue weighted by Gasteiger charge is -2.32. The Balaban J connectivity index is 1.13. The Morgan fingerprint density at radius 2 is 1.79 bits per heavy atom. The Morgan fingerprint density at radius 3 is 2.55 bits per heavy atom. The van der Waals surface area contributed by atoms with Crippen LogP contribution in [0.2, 0.25) is 0 Å². The molecule has 1 aliphatic heterocycles. The molecule has 1 unspecified atom stereocenters. The van der Waals surface area contributed by atoms with Gasteiger partial charge in [0, 0.05) is 31.4 Å². The Morgan fingerprint density at radius 1 is 0.976 bits per heavy atom. The maximum atomic E-state index is 12.5. The topological polar surface area (TPSA) is 135 Å². The maximum Gasteiger partial charge on any atom is 0.573 e. The number of carbonyl (C=O) groups is 2. The summed E-state index contributed by atoms with van der Waals surface area (Å²) in [5, 5.41) is 23.4. The Kier molecular flexibility index (Phi) is 8.85. The van der Waals surface area contributed by atoms with Crippen LogP contribution in [-0.2, 0) is 22.4 Å². The van der Waals surface area contributed by atoms with Gasteiger partial charge in [0.25, 0.3) is 0 Å². The van der Waals surface area contributed by atoms with Gasteiger partial charge in [-0.25, -0.2) is 0 Å². The number of pyridine rings is 1. The number of amides is 2. The summed E-state index contributed by atoms with van der Waals surface area (Å²) in [6.45, 7) is 1.40. The standard InChI is InChI=1S/C27H25F3N8O3S/c28-27(29,30)41-20-7-1-4-17(12-20)13-23(39)32-21-8-9-22(35-34-21)38-11-3-6-19(16-38)25-36-37-26(42-25)33-24(40)14-18-5-2-10-31-15-18/h1-2,4-5,7-10,12,15,19H,3,6,11,13-14,16H2,(H,32,34,39)(H,33,37,40). The van der Waals surface area contributed by atoms with Crippen molar-refractivity contribution in [1.29, 1.82) is 0 Å². The number of anilines is 3. The van der Waals surface area contributed by atoms with Gasteiger partial charge in [0.15, 0.2) is 11.6 Å². The fraction of sp³-hybridized carbons (Fsp3) is 0.296. The molecule has 2 N–H and O–H groups in total. The molecule has 0 saturated carbocycles. The van der Waals surface area contributed by atoms with Crippen molar-refractivity contribution in [2.45, 2.75) is 38.0 Å². The molecule has 0 bridgehead atoms. The summed E-state index contributed by atoms with van der Waals surface area (Å²) >= 11 is 1.35. The van der Waals surface area contributed by atoms with Crippen molar-refractivity contribution < 1.29 is 27.5 Å². The number of alkyl halides is 3. The second kappa shape index (κ2) is 12.9. The normalized spacial score (nSPS) is 15.2. The molecular weight excluding hydrogens is 573 g/mol. The van der Waals surface area contributed by atoms with Crippen LogP contribution in [-0.4, -0.2) is 56.6 Å². The number of piperidine rings is 1. The molecule has 1 saturated heterocycles. The average molecular weight is 599 g/mol. The smallest absolute Gasteiger partial charge is 0.406 e. The molecule has 0 spiro atoms. The van der Waals surface area contributed by atoms with E-state index in [1.165, 1.54) is 23.5 Å². The zero-order chi connectivity index (χ0) is 29.5. The lowest BCUT2D eigenvalue weighted by Crippen LogP contribution is -2.35. The molecule has 5 rings (SSSR count). The minimum atomic E-state index is -4.81. The first-order valence-corrected chi connectivity index (χ1v) is 13.8. The average Bonchev–Trinajstić information content (AvgIpc) is 3.41. The van der Waals surface area contributed by atoms with Crippen LogP contribution in [0.3, 0.4) is 0 Å². The van der Waals surface area contributed by atoms with Gasteiger partial charge in [-0.05, 0) is 54.3 Å². The Hall–Kier alpha value is -4.66. The van der Waals surface area contributed by atoms with E-state index in [0.717, 1.165) is 42.1 Å². The molecule has 4 heterocycles. The van der Waals surface area contributed by atoms with Crippen molar-refractivity contribution in [3.05, 3.63) is 77.1 Å². The fourth-order valence-electron chi connectivity index (χ4n) is 4.47. The molecule has 0 aliphatic carbocycles. The van der Waals surface area contributed by atoms with Gasteiger partial charge >= 0.3 is 6.36 Å². The van der Waals surface area contributed by atoms with E-state index in [0.29, 0.717) is 23.1 Å². The molecule has 1 aromatic carbocycles. The highest BCUT2D eigenvalue weighted by atomic mass is 32.1. The molecule has 3 aromatic heterocycles. The third kappa shape index (κ3) is 8.19. The maximum absolute atomic E-state index is 12.5. The Bertz CT molecular complexity index is 1520. The summed E-state index contributed by atoms with van der Waals surface area (Å²) in [5.41, 5.74) is 1.16. The van der Waals surface area contributed by atoms with E-state index >= 15 is 0 Å². The number of rotatable bonds is 9. The van der Waals surface area contributed by atoms with E-state index in [-0.39, 0.29) is 30.5 Å². The predicted octanol–water partition coefficient (Wildman–Crippen LogP) is 4.37. The molecule has 42 heavy (non-hydrogen) atoms. The number of carbonyl (C=O) groups excluding carboxylic acids is 2. The molecule has 15 heteroatoms. The van der Waals surface area contributed by atoms with E-state index < -0.39 is 18.0 Å². The lowest BCUT2D eigenvalue weighted by atomic mass is 9.99. The second-order valence-electron chi connectivity index (χ2n) is 9.51. The molecule has 218 valence electrons. The molecule has 4 aromatic rings. The minimum Gasteiger partial charge on any atom is -0.406 e. The highest BCUT2D eigenvalue weighted by molar-refractivity contribution is 7.15. The van der Waals surface area contributed by atoms with Gasteiger partial charge in [-0.2, -0.15) is 0 Å². The number of hydrogen-bond donors (Lipinski definition) is 2. The first-order chi connectivity index (χ1) is 20.2. The summed E-state index contributed by atoms with van der Waals surface area (Å²) in [6, 6.07) is 12.2. The van der Waals surface area contributed by atoms with Gasteiger partial charge in [-0.1, -0.05) is 29.5 Å². The monoisotopic (exact) mass is 598 g/mol. The Labute approximate surface area is 242 Å². The SMILES string of the molecule is O=C(Cc1cccc(OC(F)(F)F)c1)Nc1ccc(N2CCCC(c3nnc(NC(=O)Cc4cccnc4)s3)C2)nn1. The highest BCUT2D eigenvalue weighted by Crippen LogP contribution is 2.32. The highest BCUT2D eigenvalue weighted by Gasteiger charge is 2.31. The number of aromatic nitrogens is 5. The van der Waals surface area contributed by atoms with Crippen LogP contribution in [0.1, 0.15) is 34.9 Å². The van der Waals surface area contributed by atoms with E-state index in [1.54, 1.807) is 30.6 Å². The second-order valence-corrected chi connectivity index (χ2v) is 10.5. The van der Waals surface area contributed by atoms with Crippen molar-refractivity contribution in [3.63, 3.8) is 0 Å². The van der Waals surface area contributed by atoms with Crippen LogP contribution >= 0.6 is 11.3 Å². The number of nitrogens with one attached hydrogen (secondary N) is 2. The molecular formula is C27H25F3N8O3S. The number of benzene rings is 1. The third-order valence-corrected chi connectivity index (χ3v) is 7.28. The van der Waals surface area contributed by atoms with Crippen LogP contribution in [0.5, 0.6) is 5.75 Å². The summed E-state index contributed by atoms with van der Waals surface area (Å²) in [4.78, 5) is 30.9. The van der Waals surface area contributed by atoms with E-state index in [2.05, 4.69) is 45.6 Å². The van der Waals surface area contributed by atoms with Gasteiger partial charge in [0.1, 0.15) is 10.8 Å². The van der Waals surface area contributed by atoms with Crippen LogP contribution in [0, 0.1) is 0 Å². The molecule has 0 radical (unpaired) electrons. The zero-order valence-corrected chi connectivity index (χ0v) is 22.9. The van der Waals surface area contributed by atoms with Crippen molar-refractivity contribution in [2.75, 3.05) is 28.6 Å². The number of nitrogens with zero attached hydrogens (tertiary/aromatic N) is 6. The third-order valence-electron chi connectivity index (χ3n) is 6.28. The summed E-state index contributed by atoms with van der Waals surface area (Å²) in [6.07, 6.45) is 0.308. The predicted molar refractivity (Wildman–Crippen MR) is 148 cm³/mol. The van der Waals surface area contributed by atoms with Gasteiger partial charge in [-0.3, -0.25) is 14.6 Å². The van der Waals surface area contributed by atoms with Crippen LogP contribution in [0.4, 0.5) is 29.9 Å². The summed E-state index contributed by atoms with van der Waals surface area (Å²) < 4.78 is 41.3. The van der Waals surface area contributed by atoms with Crippen LogP contribution in [0.15, 0.2) is 60.9 Å². The van der Waals surface area contributed by atoms with E-state index in [1.807, 2.05) is 6.07 Å². The lowest BCUT2D eigenvalue weighted by molar-refractivity contribution is -0.274. The first kappa shape index (κ1) is 28.9. The van der Waals surface area contributed by atoms with Gasteiger partial charge in [0.2, 0.25) is 16.9 Å². The first-order valence-electron chi connectivity index (χ1n) is 13.0. The van der Waals surface area contributed by atoms with E-state index in [9.17, 15) is 22.8 Å². The van der Waals surface area contributed by atoms with Crippen LogP contribution in [0.25, 0.3) is 0 Å².